The molecule has 3 N–H and O–H groups in total. The number of hydrogen-bond donors (Lipinski definition) is 3. The van der Waals surface area contributed by atoms with Gasteiger partial charge < -0.3 is 20.5 Å². The molecule has 114 valence electrons. The van der Waals surface area contributed by atoms with Crippen molar-refractivity contribution in [3.8, 4) is 5.75 Å². The van der Waals surface area contributed by atoms with Gasteiger partial charge >= 0.3 is 0 Å². The molecule has 20 heavy (non-hydrogen) atoms. The Morgan fingerprint density at radius 2 is 1.65 bits per heavy atom. The monoisotopic (exact) mass is 280 g/mol. The molecule has 4 nitrogen and oxygen atoms in total. The summed E-state index contributed by atoms with van der Waals surface area (Å²) in [4.78, 5) is 0. The van der Waals surface area contributed by atoms with E-state index in [0.29, 0.717) is 6.54 Å². The van der Waals surface area contributed by atoms with E-state index in [2.05, 4.69) is 16.7 Å². The zero-order valence-electron chi connectivity index (χ0n) is 12.5. The maximum absolute atomic E-state index is 8.62. The molecule has 0 heterocycles. The van der Waals surface area contributed by atoms with Crippen LogP contribution in [0.5, 0.6) is 5.75 Å². The Morgan fingerprint density at radius 1 is 0.950 bits per heavy atom. The van der Waals surface area contributed by atoms with Gasteiger partial charge in [0.2, 0.25) is 0 Å². The molecule has 0 aliphatic heterocycles. The van der Waals surface area contributed by atoms with Crippen molar-refractivity contribution >= 4 is 0 Å². The summed E-state index contributed by atoms with van der Waals surface area (Å²) in [5.74, 6) is 0.954. The van der Waals surface area contributed by atoms with Crippen LogP contribution in [-0.2, 0) is 6.54 Å². The van der Waals surface area contributed by atoms with Gasteiger partial charge in [-0.25, -0.2) is 0 Å². The van der Waals surface area contributed by atoms with Crippen LogP contribution in [0, 0.1) is 0 Å². The molecule has 0 amide bonds. The minimum atomic E-state index is 0.229. The van der Waals surface area contributed by atoms with Crippen LogP contribution in [0.2, 0.25) is 0 Å². The number of rotatable bonds is 12. The number of nitrogens with one attached hydrogen (secondary N) is 2. The van der Waals surface area contributed by atoms with Crippen molar-refractivity contribution in [3.05, 3.63) is 29.8 Å². The first-order valence-electron chi connectivity index (χ1n) is 7.52. The Balaban J connectivity index is 1.97. The van der Waals surface area contributed by atoms with Crippen molar-refractivity contribution in [2.24, 2.45) is 0 Å². The summed E-state index contributed by atoms with van der Waals surface area (Å²) in [6.07, 6.45) is 4.89. The van der Waals surface area contributed by atoms with Gasteiger partial charge in [-0.2, -0.15) is 0 Å². The summed E-state index contributed by atoms with van der Waals surface area (Å²) in [5.41, 5.74) is 1.21. The SMILES string of the molecule is COc1ccccc1CNCCCCCCNCCO. The highest BCUT2D eigenvalue weighted by atomic mass is 16.5. The molecule has 0 saturated heterocycles. The van der Waals surface area contributed by atoms with Crippen molar-refractivity contribution in [2.45, 2.75) is 32.2 Å². The van der Waals surface area contributed by atoms with Crippen molar-refractivity contribution in [1.29, 1.82) is 0 Å². The van der Waals surface area contributed by atoms with Crippen LogP contribution in [0.25, 0.3) is 0 Å². The van der Waals surface area contributed by atoms with Crippen LogP contribution in [0.4, 0.5) is 0 Å². The zero-order valence-corrected chi connectivity index (χ0v) is 12.5. The molecule has 0 aliphatic carbocycles. The van der Waals surface area contributed by atoms with Crippen molar-refractivity contribution in [1.82, 2.24) is 10.6 Å². The lowest BCUT2D eigenvalue weighted by Crippen LogP contribution is -2.19. The third-order valence-electron chi connectivity index (χ3n) is 3.25. The van der Waals surface area contributed by atoms with Crippen LogP contribution in [0.3, 0.4) is 0 Å². The van der Waals surface area contributed by atoms with Crippen molar-refractivity contribution in [2.75, 3.05) is 33.4 Å². The maximum atomic E-state index is 8.62. The Bertz CT molecular complexity index is 345. The van der Waals surface area contributed by atoms with Crippen LogP contribution in [0.1, 0.15) is 31.2 Å². The second-order valence-corrected chi connectivity index (χ2v) is 4.88. The summed E-state index contributed by atoms with van der Waals surface area (Å²) in [6, 6.07) is 8.13. The lowest BCUT2D eigenvalue weighted by atomic mass is 10.1. The highest BCUT2D eigenvalue weighted by molar-refractivity contribution is 5.32. The van der Waals surface area contributed by atoms with E-state index in [1.807, 2.05) is 18.2 Å². The Morgan fingerprint density at radius 3 is 2.35 bits per heavy atom. The fourth-order valence-corrected chi connectivity index (χ4v) is 2.13. The first-order chi connectivity index (χ1) is 9.88. The summed E-state index contributed by atoms with van der Waals surface area (Å²) >= 11 is 0. The molecular formula is C16H28N2O2. The highest BCUT2D eigenvalue weighted by Gasteiger charge is 2.00. The van der Waals surface area contributed by atoms with Crippen LogP contribution < -0.4 is 15.4 Å². The maximum Gasteiger partial charge on any atom is 0.123 e. The third-order valence-corrected chi connectivity index (χ3v) is 3.25. The van der Waals surface area contributed by atoms with Crippen LogP contribution >= 0.6 is 0 Å². The van der Waals surface area contributed by atoms with Crippen molar-refractivity contribution in [3.63, 3.8) is 0 Å². The van der Waals surface area contributed by atoms with Gasteiger partial charge in [0.15, 0.2) is 0 Å². The summed E-state index contributed by atoms with van der Waals surface area (Å²) in [5, 5.41) is 15.3. The number of aliphatic hydroxyl groups is 1. The topological polar surface area (TPSA) is 53.5 Å². The summed E-state index contributed by atoms with van der Waals surface area (Å²) in [6.45, 7) is 3.85. The number of ether oxygens (including phenoxy) is 1. The zero-order chi connectivity index (χ0) is 14.5. The normalized spacial score (nSPS) is 10.7. The molecule has 0 unspecified atom stereocenters. The lowest BCUT2D eigenvalue weighted by Gasteiger charge is -2.09. The average Bonchev–Trinajstić information content (AvgIpc) is 2.49. The van der Waals surface area contributed by atoms with Gasteiger partial charge in [0.1, 0.15) is 5.75 Å². The molecular weight excluding hydrogens is 252 g/mol. The minimum absolute atomic E-state index is 0.229. The quantitative estimate of drug-likeness (QED) is 0.512. The standard InChI is InChI=1S/C16H28N2O2/c1-20-16-9-5-4-8-15(16)14-18-11-7-3-2-6-10-17-12-13-19/h4-5,8-9,17-19H,2-3,6-7,10-14H2,1H3. The first-order valence-corrected chi connectivity index (χ1v) is 7.52. The molecule has 0 atom stereocenters. The first kappa shape index (κ1) is 17.0. The third kappa shape index (κ3) is 7.48. The Labute approximate surface area is 122 Å². The summed E-state index contributed by atoms with van der Waals surface area (Å²) < 4.78 is 5.32. The van der Waals surface area contributed by atoms with Crippen LogP contribution in [0.15, 0.2) is 24.3 Å². The minimum Gasteiger partial charge on any atom is -0.496 e. The molecule has 4 heteroatoms. The predicted octanol–water partition coefficient (Wildman–Crippen LogP) is 1.93. The lowest BCUT2D eigenvalue weighted by molar-refractivity contribution is 0.292. The number of para-hydroxylation sites is 1. The van der Waals surface area contributed by atoms with E-state index in [1.165, 1.54) is 31.2 Å². The van der Waals surface area contributed by atoms with E-state index >= 15 is 0 Å². The van der Waals surface area contributed by atoms with Gasteiger partial charge in [-0.15, -0.1) is 0 Å². The molecule has 0 saturated carbocycles. The number of unbranched alkanes of at least 4 members (excludes halogenated alkanes) is 3. The van der Waals surface area contributed by atoms with Crippen molar-refractivity contribution < 1.29 is 9.84 Å². The molecule has 0 bridgehead atoms. The molecule has 0 spiro atoms. The molecule has 0 aliphatic rings. The molecule has 0 aromatic heterocycles. The van der Waals surface area contributed by atoms with E-state index in [4.69, 9.17) is 9.84 Å². The van der Waals surface area contributed by atoms with E-state index in [0.717, 1.165) is 25.4 Å². The van der Waals surface area contributed by atoms with Gasteiger partial charge in [-0.1, -0.05) is 31.0 Å². The largest absolute Gasteiger partial charge is 0.496 e. The average molecular weight is 280 g/mol. The highest BCUT2D eigenvalue weighted by Crippen LogP contribution is 2.16. The molecule has 1 rings (SSSR count). The molecule has 0 fully saturated rings. The predicted molar refractivity (Wildman–Crippen MR) is 83.1 cm³/mol. The number of benzene rings is 1. The molecule has 1 aromatic rings. The molecule has 0 radical (unpaired) electrons. The van der Waals surface area contributed by atoms with Gasteiger partial charge in [0.25, 0.3) is 0 Å². The Hall–Kier alpha value is -1.10. The fraction of sp³-hybridized carbons (Fsp3) is 0.625. The fourth-order valence-electron chi connectivity index (χ4n) is 2.13. The second kappa shape index (κ2) is 11.7. The van der Waals surface area contributed by atoms with E-state index < -0.39 is 0 Å². The van der Waals surface area contributed by atoms with Crippen LogP contribution in [-0.4, -0.2) is 38.5 Å². The van der Waals surface area contributed by atoms with Gasteiger partial charge in [0.05, 0.1) is 13.7 Å². The molecule has 1 aromatic carbocycles. The summed E-state index contributed by atoms with van der Waals surface area (Å²) in [7, 11) is 1.71. The van der Waals surface area contributed by atoms with E-state index in [-0.39, 0.29) is 6.61 Å². The van der Waals surface area contributed by atoms with Gasteiger partial charge in [0, 0.05) is 18.7 Å². The van der Waals surface area contributed by atoms with E-state index in [9.17, 15) is 0 Å². The van der Waals surface area contributed by atoms with Gasteiger partial charge in [-0.05, 0) is 32.0 Å². The second-order valence-electron chi connectivity index (χ2n) is 4.88. The smallest absolute Gasteiger partial charge is 0.123 e. The van der Waals surface area contributed by atoms with Gasteiger partial charge in [-0.3, -0.25) is 0 Å². The number of methoxy groups -OCH3 is 1. The number of aliphatic hydroxyl groups excluding tert-OH is 1. The number of hydrogen-bond acceptors (Lipinski definition) is 4. The van der Waals surface area contributed by atoms with E-state index in [1.54, 1.807) is 7.11 Å². The Kier molecular flexibility index (Phi) is 9.92.